The molecule has 0 radical (unpaired) electrons. The van der Waals surface area contributed by atoms with Gasteiger partial charge >= 0.3 is 0 Å². The highest BCUT2D eigenvalue weighted by molar-refractivity contribution is 8.00. The summed E-state index contributed by atoms with van der Waals surface area (Å²) in [7, 11) is 0. The average molecular weight is 256 g/mol. The molecule has 2 amide bonds. The lowest BCUT2D eigenvalue weighted by Crippen LogP contribution is -2.48. The summed E-state index contributed by atoms with van der Waals surface area (Å²) in [5.74, 6) is 1.44. The van der Waals surface area contributed by atoms with Gasteiger partial charge in [0.05, 0.1) is 11.6 Å². The smallest absolute Gasteiger partial charge is 0.242 e. The van der Waals surface area contributed by atoms with Crippen molar-refractivity contribution >= 4 is 23.6 Å². The molecule has 0 bridgehead atoms. The molecule has 5 heteroatoms. The fraction of sp³-hybridized carbons (Fsp3) is 0.833. The summed E-state index contributed by atoms with van der Waals surface area (Å²) in [5, 5.41) is 0. The Bertz CT molecular complexity index is 309. The first kappa shape index (κ1) is 12.7. The maximum absolute atomic E-state index is 12.2. The van der Waals surface area contributed by atoms with E-state index in [1.807, 2.05) is 4.90 Å². The number of hydrogen-bond acceptors (Lipinski definition) is 3. The monoisotopic (exact) mass is 256 g/mol. The number of thioether (sulfide) groups is 1. The third-order valence-corrected chi connectivity index (χ3v) is 4.52. The summed E-state index contributed by atoms with van der Waals surface area (Å²) in [6.07, 6.45) is 4.46. The first-order valence-corrected chi connectivity index (χ1v) is 7.53. The van der Waals surface area contributed by atoms with Crippen LogP contribution in [-0.2, 0) is 9.59 Å². The van der Waals surface area contributed by atoms with Gasteiger partial charge in [0.2, 0.25) is 11.8 Å². The highest BCUT2D eigenvalue weighted by Crippen LogP contribution is 2.21. The van der Waals surface area contributed by atoms with Gasteiger partial charge in [-0.05, 0) is 25.7 Å². The second-order valence-corrected chi connectivity index (χ2v) is 5.67. The van der Waals surface area contributed by atoms with Crippen molar-refractivity contribution in [3.8, 4) is 0 Å². The van der Waals surface area contributed by atoms with E-state index in [0.29, 0.717) is 17.7 Å². The van der Waals surface area contributed by atoms with E-state index in [4.69, 9.17) is 0 Å². The number of carbonyl (C=O) groups is 2. The molecule has 0 N–H and O–H groups in total. The minimum atomic E-state index is 0.105. The molecule has 0 spiro atoms. The van der Waals surface area contributed by atoms with Gasteiger partial charge in [-0.25, -0.2) is 0 Å². The standard InChI is InChI=1S/C12H20N2O2S/c1-2-10-5-3-4-6-14(10)11(15)7-13-9-17-8-12(13)16/h10H,2-9H2,1H3. The Kier molecular flexibility index (Phi) is 4.31. The average Bonchev–Trinajstić information content (AvgIpc) is 2.75. The van der Waals surface area contributed by atoms with E-state index in [-0.39, 0.29) is 18.4 Å². The second kappa shape index (κ2) is 5.76. The van der Waals surface area contributed by atoms with Crippen LogP contribution in [0.15, 0.2) is 0 Å². The summed E-state index contributed by atoms with van der Waals surface area (Å²) in [6, 6.07) is 0.390. The minimum absolute atomic E-state index is 0.105. The van der Waals surface area contributed by atoms with Gasteiger partial charge in [-0.3, -0.25) is 9.59 Å². The number of carbonyl (C=O) groups excluding carboxylic acids is 2. The van der Waals surface area contributed by atoms with Crippen LogP contribution in [0.3, 0.4) is 0 Å². The van der Waals surface area contributed by atoms with Crippen molar-refractivity contribution in [2.24, 2.45) is 0 Å². The van der Waals surface area contributed by atoms with Crippen LogP contribution in [0, 0.1) is 0 Å². The normalized spacial score (nSPS) is 25.5. The van der Waals surface area contributed by atoms with E-state index >= 15 is 0 Å². The summed E-state index contributed by atoms with van der Waals surface area (Å²) in [6.45, 7) is 3.28. The molecule has 0 saturated carbocycles. The van der Waals surface area contributed by atoms with Crippen LogP contribution in [0.4, 0.5) is 0 Å². The molecule has 1 atom stereocenters. The van der Waals surface area contributed by atoms with Crippen molar-refractivity contribution in [1.82, 2.24) is 9.80 Å². The van der Waals surface area contributed by atoms with Crippen molar-refractivity contribution in [2.45, 2.75) is 38.6 Å². The maximum atomic E-state index is 12.2. The van der Waals surface area contributed by atoms with Crippen molar-refractivity contribution < 1.29 is 9.59 Å². The van der Waals surface area contributed by atoms with Gasteiger partial charge in [0.1, 0.15) is 6.54 Å². The molecule has 0 aromatic rings. The summed E-state index contributed by atoms with van der Waals surface area (Å²) < 4.78 is 0. The molecule has 4 nitrogen and oxygen atoms in total. The SMILES string of the molecule is CCC1CCCCN1C(=O)CN1CSCC1=O. The predicted octanol–water partition coefficient (Wildman–Crippen LogP) is 1.31. The lowest BCUT2D eigenvalue weighted by Gasteiger charge is -2.36. The number of hydrogen-bond donors (Lipinski definition) is 0. The third-order valence-electron chi connectivity index (χ3n) is 3.57. The zero-order chi connectivity index (χ0) is 12.3. The van der Waals surface area contributed by atoms with E-state index < -0.39 is 0 Å². The number of nitrogens with zero attached hydrogens (tertiary/aromatic N) is 2. The van der Waals surface area contributed by atoms with Crippen molar-refractivity contribution in [3.63, 3.8) is 0 Å². The van der Waals surface area contributed by atoms with Gasteiger partial charge in [0.25, 0.3) is 0 Å². The minimum Gasteiger partial charge on any atom is -0.338 e. The zero-order valence-electron chi connectivity index (χ0n) is 10.4. The van der Waals surface area contributed by atoms with E-state index in [1.54, 1.807) is 16.7 Å². The van der Waals surface area contributed by atoms with Crippen LogP contribution in [0.5, 0.6) is 0 Å². The largest absolute Gasteiger partial charge is 0.338 e. The first-order chi connectivity index (χ1) is 8.22. The van der Waals surface area contributed by atoms with E-state index in [0.717, 1.165) is 25.8 Å². The maximum Gasteiger partial charge on any atom is 0.242 e. The molecular formula is C12H20N2O2S. The Balaban J connectivity index is 1.91. The lowest BCUT2D eigenvalue weighted by molar-refractivity contribution is -0.140. The highest BCUT2D eigenvalue weighted by atomic mass is 32.2. The van der Waals surface area contributed by atoms with E-state index in [1.165, 1.54) is 6.42 Å². The van der Waals surface area contributed by atoms with Gasteiger partial charge in [0.15, 0.2) is 0 Å². The number of likely N-dealkylation sites (tertiary alicyclic amines) is 1. The van der Waals surface area contributed by atoms with Gasteiger partial charge in [-0.2, -0.15) is 0 Å². The molecule has 0 aliphatic carbocycles. The Morgan fingerprint density at radius 1 is 1.47 bits per heavy atom. The van der Waals surface area contributed by atoms with Crippen molar-refractivity contribution in [3.05, 3.63) is 0 Å². The summed E-state index contributed by atoms with van der Waals surface area (Å²) >= 11 is 1.59. The van der Waals surface area contributed by atoms with Gasteiger partial charge in [-0.15, -0.1) is 11.8 Å². The molecule has 2 fully saturated rings. The molecule has 0 aromatic heterocycles. The number of amides is 2. The van der Waals surface area contributed by atoms with Gasteiger partial charge in [0, 0.05) is 12.6 Å². The quantitative estimate of drug-likeness (QED) is 0.764. The molecular weight excluding hydrogens is 236 g/mol. The van der Waals surface area contributed by atoms with Crippen molar-refractivity contribution in [1.29, 1.82) is 0 Å². The van der Waals surface area contributed by atoms with Crippen LogP contribution >= 0.6 is 11.8 Å². The van der Waals surface area contributed by atoms with Crippen LogP contribution in [0.2, 0.25) is 0 Å². The molecule has 2 heterocycles. The molecule has 2 aliphatic rings. The fourth-order valence-corrected chi connectivity index (χ4v) is 3.45. The van der Waals surface area contributed by atoms with E-state index in [2.05, 4.69) is 6.92 Å². The number of rotatable bonds is 3. The molecule has 2 saturated heterocycles. The Labute approximate surface area is 107 Å². The van der Waals surface area contributed by atoms with Crippen LogP contribution < -0.4 is 0 Å². The third kappa shape index (κ3) is 2.94. The highest BCUT2D eigenvalue weighted by Gasteiger charge is 2.29. The molecule has 0 aromatic carbocycles. The van der Waals surface area contributed by atoms with E-state index in [9.17, 15) is 9.59 Å². The molecule has 17 heavy (non-hydrogen) atoms. The zero-order valence-corrected chi connectivity index (χ0v) is 11.2. The van der Waals surface area contributed by atoms with Crippen LogP contribution in [-0.4, -0.2) is 52.4 Å². The Hall–Kier alpha value is -0.710. The van der Waals surface area contributed by atoms with Crippen molar-refractivity contribution in [2.75, 3.05) is 24.7 Å². The molecule has 2 aliphatic heterocycles. The predicted molar refractivity (Wildman–Crippen MR) is 68.7 cm³/mol. The lowest BCUT2D eigenvalue weighted by atomic mass is 10.00. The van der Waals surface area contributed by atoms with Gasteiger partial charge < -0.3 is 9.80 Å². The first-order valence-electron chi connectivity index (χ1n) is 6.37. The second-order valence-electron chi connectivity index (χ2n) is 4.71. The van der Waals surface area contributed by atoms with Gasteiger partial charge in [-0.1, -0.05) is 6.92 Å². The summed E-state index contributed by atoms with van der Waals surface area (Å²) in [4.78, 5) is 27.3. The summed E-state index contributed by atoms with van der Waals surface area (Å²) in [5.41, 5.74) is 0. The molecule has 1 unspecified atom stereocenters. The molecule has 2 rings (SSSR count). The fourth-order valence-electron chi connectivity index (χ4n) is 2.55. The van der Waals surface area contributed by atoms with Crippen LogP contribution in [0.1, 0.15) is 32.6 Å². The molecule has 96 valence electrons. The number of piperidine rings is 1. The Morgan fingerprint density at radius 3 is 2.94 bits per heavy atom. The van der Waals surface area contributed by atoms with Crippen LogP contribution in [0.25, 0.3) is 0 Å². The Morgan fingerprint density at radius 2 is 2.29 bits per heavy atom. The topological polar surface area (TPSA) is 40.6 Å².